The lowest BCUT2D eigenvalue weighted by Crippen LogP contribution is -2.20. The molecule has 1 N–H and O–H groups in total. The van der Waals surface area contributed by atoms with Gasteiger partial charge in [0, 0.05) is 56.3 Å². The van der Waals surface area contributed by atoms with Gasteiger partial charge in [-0.1, -0.05) is 32.9 Å². The van der Waals surface area contributed by atoms with Gasteiger partial charge < -0.3 is 14.5 Å². The highest BCUT2D eigenvalue weighted by atomic mass is 32.2. The molecule has 0 aliphatic heterocycles. The molecule has 37 heavy (non-hydrogen) atoms. The molecule has 1 aromatic carbocycles. The van der Waals surface area contributed by atoms with Crippen molar-refractivity contribution in [3.8, 4) is 5.75 Å². The molecule has 0 amide bonds. The normalized spacial score (nSPS) is 12.5. The van der Waals surface area contributed by atoms with E-state index in [-0.39, 0.29) is 10.7 Å². The van der Waals surface area contributed by atoms with Crippen molar-refractivity contribution in [2.24, 2.45) is 0 Å². The smallest absolute Gasteiger partial charge is 0.315 e. The summed E-state index contributed by atoms with van der Waals surface area (Å²) in [5.74, 6) is 0.0382. The molecule has 1 unspecified atom stereocenters. The summed E-state index contributed by atoms with van der Waals surface area (Å²) in [6.45, 7) is 13.2. The first-order valence-electron chi connectivity index (χ1n) is 12.6. The Morgan fingerprint density at radius 3 is 2.51 bits per heavy atom. The van der Waals surface area contributed by atoms with E-state index in [1.807, 2.05) is 62.5 Å². The fraction of sp³-hybridized carbons (Fsp3) is 0.367. The second-order valence-corrected chi connectivity index (χ2v) is 12.0. The Morgan fingerprint density at radius 2 is 1.86 bits per heavy atom. The number of nitrogens with one attached hydrogen (secondary N) is 1. The topological polar surface area (TPSA) is 77.1 Å². The number of pyridine rings is 2. The third kappa shape index (κ3) is 6.52. The summed E-state index contributed by atoms with van der Waals surface area (Å²) in [6, 6.07) is 13.8. The zero-order valence-electron chi connectivity index (χ0n) is 22.4. The third-order valence-corrected chi connectivity index (χ3v) is 7.21. The van der Waals surface area contributed by atoms with Gasteiger partial charge in [0.05, 0.1) is 12.3 Å². The van der Waals surface area contributed by atoms with Crippen LogP contribution in [0.3, 0.4) is 0 Å². The number of carbonyl (C=O) groups excluding carboxylic acids is 1. The van der Waals surface area contributed by atoms with Gasteiger partial charge in [-0.05, 0) is 56.7 Å². The van der Waals surface area contributed by atoms with Gasteiger partial charge in [0.15, 0.2) is 0 Å². The van der Waals surface area contributed by atoms with Crippen molar-refractivity contribution >= 4 is 28.6 Å². The highest BCUT2D eigenvalue weighted by Crippen LogP contribution is 2.45. The maximum atomic E-state index is 13.3. The lowest BCUT2D eigenvalue weighted by Gasteiger charge is -2.22. The Kier molecular flexibility index (Phi) is 8.22. The number of benzene rings is 1. The van der Waals surface area contributed by atoms with E-state index in [1.165, 1.54) is 0 Å². The van der Waals surface area contributed by atoms with Gasteiger partial charge in [-0.2, -0.15) is 0 Å². The first-order chi connectivity index (χ1) is 17.7. The number of thioether (sulfide) groups is 1. The second kappa shape index (κ2) is 11.4. The van der Waals surface area contributed by atoms with Crippen LogP contribution in [0.4, 0.5) is 0 Å². The molecule has 0 fully saturated rings. The summed E-state index contributed by atoms with van der Waals surface area (Å²) >= 11 is 1.75. The molecule has 0 aliphatic carbocycles. The van der Waals surface area contributed by atoms with E-state index in [2.05, 4.69) is 42.6 Å². The third-order valence-electron chi connectivity index (χ3n) is 5.97. The average Bonchev–Trinajstić information content (AvgIpc) is 3.21. The highest BCUT2D eigenvalue weighted by molar-refractivity contribution is 8.00. The molecule has 3 aromatic heterocycles. The number of hydrogen-bond acceptors (Lipinski definition) is 6. The first-order valence-corrected chi connectivity index (χ1v) is 13.4. The molecule has 0 bridgehead atoms. The molecule has 1 atom stereocenters. The summed E-state index contributed by atoms with van der Waals surface area (Å²) in [7, 11) is 0. The van der Waals surface area contributed by atoms with Crippen molar-refractivity contribution in [2.45, 2.75) is 70.1 Å². The van der Waals surface area contributed by atoms with Gasteiger partial charge in [0.2, 0.25) is 0 Å². The standard InChI is InChI=1S/C30H35N3O3S/c1-7-35-29(34)23(16-21-10-8-9-15-31-21)27-28(37-30(4,5)6)26-20(3)25(14-13-24(26)33-27)36-18-22-12-11-19(2)17-32-22/h8-15,17,23,33H,7,16,18H2,1-6H3. The van der Waals surface area contributed by atoms with Crippen molar-refractivity contribution in [3.63, 3.8) is 0 Å². The average molecular weight is 518 g/mol. The van der Waals surface area contributed by atoms with Crippen LogP contribution in [0.2, 0.25) is 0 Å². The molecule has 0 saturated heterocycles. The van der Waals surface area contributed by atoms with Crippen molar-refractivity contribution in [3.05, 3.63) is 83.1 Å². The molecule has 7 heteroatoms. The first kappa shape index (κ1) is 26.7. The number of carbonyl (C=O) groups is 1. The van der Waals surface area contributed by atoms with E-state index in [0.717, 1.165) is 49.8 Å². The molecule has 0 aliphatic rings. The molecular weight excluding hydrogens is 482 g/mol. The van der Waals surface area contributed by atoms with Gasteiger partial charge in [0.1, 0.15) is 18.3 Å². The van der Waals surface area contributed by atoms with Crippen LogP contribution in [0.1, 0.15) is 61.8 Å². The Bertz CT molecular complexity index is 1360. The maximum Gasteiger partial charge on any atom is 0.315 e. The molecule has 0 spiro atoms. The van der Waals surface area contributed by atoms with Crippen LogP contribution in [0.5, 0.6) is 5.75 Å². The summed E-state index contributed by atoms with van der Waals surface area (Å²) in [4.78, 5) is 26.8. The quantitative estimate of drug-likeness (QED) is 0.192. The molecule has 6 nitrogen and oxygen atoms in total. The Hall–Kier alpha value is -3.32. The van der Waals surface area contributed by atoms with Crippen LogP contribution in [-0.2, 0) is 22.6 Å². The zero-order valence-corrected chi connectivity index (χ0v) is 23.2. The lowest BCUT2D eigenvalue weighted by atomic mass is 9.98. The van der Waals surface area contributed by atoms with E-state index in [9.17, 15) is 4.79 Å². The number of rotatable bonds is 9. The molecule has 4 rings (SSSR count). The van der Waals surface area contributed by atoms with E-state index >= 15 is 0 Å². The van der Waals surface area contributed by atoms with E-state index in [0.29, 0.717) is 19.6 Å². The van der Waals surface area contributed by atoms with Crippen molar-refractivity contribution in [1.82, 2.24) is 15.0 Å². The fourth-order valence-corrected chi connectivity index (χ4v) is 5.53. The number of aromatic nitrogens is 3. The van der Waals surface area contributed by atoms with Crippen molar-refractivity contribution in [2.75, 3.05) is 6.61 Å². The van der Waals surface area contributed by atoms with Gasteiger partial charge in [0.25, 0.3) is 0 Å². The Balaban J connectivity index is 1.79. The van der Waals surface area contributed by atoms with Gasteiger partial charge in [-0.25, -0.2) is 0 Å². The van der Waals surface area contributed by atoms with Crippen LogP contribution in [0.25, 0.3) is 10.9 Å². The summed E-state index contributed by atoms with van der Waals surface area (Å²) in [5, 5.41) is 1.07. The zero-order chi connectivity index (χ0) is 26.6. The minimum atomic E-state index is -0.507. The fourth-order valence-electron chi connectivity index (χ4n) is 4.25. The molecule has 3 heterocycles. The minimum Gasteiger partial charge on any atom is -0.487 e. The number of nitrogens with zero attached hydrogens (tertiary/aromatic N) is 2. The van der Waals surface area contributed by atoms with Gasteiger partial charge >= 0.3 is 5.97 Å². The monoisotopic (exact) mass is 517 g/mol. The van der Waals surface area contributed by atoms with Crippen LogP contribution in [-0.4, -0.2) is 32.3 Å². The van der Waals surface area contributed by atoms with Crippen molar-refractivity contribution in [1.29, 1.82) is 0 Å². The molecular formula is C30H35N3O3S. The highest BCUT2D eigenvalue weighted by Gasteiger charge is 2.31. The number of aryl methyl sites for hydroxylation is 2. The summed E-state index contributed by atoms with van der Waals surface area (Å²) in [6.07, 6.45) is 4.05. The van der Waals surface area contributed by atoms with Crippen LogP contribution in [0, 0.1) is 13.8 Å². The van der Waals surface area contributed by atoms with Gasteiger partial charge in [-0.3, -0.25) is 14.8 Å². The molecule has 194 valence electrons. The lowest BCUT2D eigenvalue weighted by molar-refractivity contribution is -0.145. The molecule has 0 saturated carbocycles. The van der Waals surface area contributed by atoms with E-state index < -0.39 is 5.92 Å². The number of esters is 1. The molecule has 4 aromatic rings. The number of hydrogen-bond donors (Lipinski definition) is 1. The van der Waals surface area contributed by atoms with Crippen LogP contribution in [0.15, 0.2) is 59.8 Å². The van der Waals surface area contributed by atoms with Crippen LogP contribution >= 0.6 is 11.8 Å². The summed E-state index contributed by atoms with van der Waals surface area (Å²) < 4.78 is 11.7. The second-order valence-electron chi connectivity index (χ2n) is 10.1. The van der Waals surface area contributed by atoms with Gasteiger partial charge in [-0.15, -0.1) is 11.8 Å². The van der Waals surface area contributed by atoms with E-state index in [1.54, 1.807) is 18.0 Å². The number of H-pyrrole nitrogens is 1. The predicted octanol–water partition coefficient (Wildman–Crippen LogP) is 6.93. The number of aromatic amines is 1. The Morgan fingerprint density at radius 1 is 1.05 bits per heavy atom. The van der Waals surface area contributed by atoms with Crippen molar-refractivity contribution < 1.29 is 14.3 Å². The van der Waals surface area contributed by atoms with Crippen LogP contribution < -0.4 is 4.74 Å². The maximum absolute atomic E-state index is 13.3. The predicted molar refractivity (Wildman–Crippen MR) is 149 cm³/mol. The Labute approximate surface area is 223 Å². The number of ether oxygens (including phenoxy) is 2. The van der Waals surface area contributed by atoms with E-state index in [4.69, 9.17) is 9.47 Å². The SMILES string of the molecule is CCOC(=O)C(Cc1ccccn1)c1[nH]c2ccc(OCc3ccc(C)cn3)c(C)c2c1SC(C)(C)C. The largest absolute Gasteiger partial charge is 0.487 e. The molecule has 0 radical (unpaired) electrons. The summed E-state index contributed by atoms with van der Waals surface area (Å²) in [5.41, 5.74) is 5.69. The minimum absolute atomic E-state index is 0.0802. The number of fused-ring (bicyclic) bond motifs is 1.